The second-order valence-corrected chi connectivity index (χ2v) is 9.71. The van der Waals surface area contributed by atoms with Crippen molar-refractivity contribution in [3.05, 3.63) is 0 Å². The summed E-state index contributed by atoms with van der Waals surface area (Å²) >= 11 is 0. The van der Waals surface area contributed by atoms with Gasteiger partial charge in [-0.15, -0.1) is 0 Å². The van der Waals surface area contributed by atoms with Gasteiger partial charge in [-0.1, -0.05) is 0 Å². The number of likely N-dealkylation sites (N-methyl/N-ethyl adjacent to an activating group) is 2. The molecule has 4 heterocycles. The molecule has 0 bridgehead atoms. The predicted molar refractivity (Wildman–Crippen MR) is 96.6 cm³/mol. The average Bonchev–Trinajstić information content (AvgIpc) is 3.24. The van der Waals surface area contributed by atoms with Gasteiger partial charge in [-0.05, 0) is 41.5 Å². The molecular formula is C18H30N4O6. The molecule has 4 saturated heterocycles. The fraction of sp³-hybridized carbons (Fsp3) is 0.889. The van der Waals surface area contributed by atoms with E-state index in [1.54, 1.807) is 23.9 Å². The lowest BCUT2D eigenvalue weighted by Gasteiger charge is -2.36. The Morgan fingerprint density at radius 2 is 0.893 bits per heavy atom. The summed E-state index contributed by atoms with van der Waals surface area (Å²) in [7, 11) is 3.38. The van der Waals surface area contributed by atoms with Crippen LogP contribution in [0.15, 0.2) is 0 Å². The number of rotatable bonds is 1. The highest BCUT2D eigenvalue weighted by Crippen LogP contribution is 2.42. The summed E-state index contributed by atoms with van der Waals surface area (Å²) in [5, 5.41) is 0. The summed E-state index contributed by atoms with van der Waals surface area (Å²) in [6.07, 6.45) is -3.77. The third kappa shape index (κ3) is 2.69. The number of carbonyl (C=O) groups excluding carboxylic acids is 2. The Kier molecular flexibility index (Phi) is 4.18. The molecule has 0 aromatic heterocycles. The van der Waals surface area contributed by atoms with Gasteiger partial charge in [-0.25, -0.2) is 9.59 Å². The van der Waals surface area contributed by atoms with E-state index >= 15 is 0 Å². The number of amides is 4. The van der Waals surface area contributed by atoms with Gasteiger partial charge in [-0.3, -0.25) is 19.6 Å². The monoisotopic (exact) mass is 398 g/mol. The van der Waals surface area contributed by atoms with Gasteiger partial charge in [0.15, 0.2) is 24.9 Å². The van der Waals surface area contributed by atoms with Crippen LogP contribution in [0.1, 0.15) is 41.5 Å². The molecular weight excluding hydrogens is 368 g/mol. The van der Waals surface area contributed by atoms with Crippen LogP contribution in [0.4, 0.5) is 9.59 Å². The molecule has 158 valence electrons. The van der Waals surface area contributed by atoms with E-state index in [2.05, 4.69) is 0 Å². The molecule has 28 heavy (non-hydrogen) atoms. The number of urea groups is 2. The minimum atomic E-state index is -0.800. The lowest BCUT2D eigenvalue weighted by Crippen LogP contribution is -2.50. The van der Waals surface area contributed by atoms with Crippen LogP contribution >= 0.6 is 0 Å². The molecule has 0 radical (unpaired) electrons. The molecule has 0 aliphatic carbocycles. The largest absolute Gasteiger partial charge is 0.324 e. The Balaban J connectivity index is 1.51. The van der Waals surface area contributed by atoms with Crippen molar-refractivity contribution in [2.75, 3.05) is 14.1 Å². The van der Waals surface area contributed by atoms with E-state index in [-0.39, 0.29) is 12.1 Å². The van der Waals surface area contributed by atoms with Crippen molar-refractivity contribution >= 4 is 12.1 Å². The standard InChI is InChI=1S/C18H30N4O6/c1-17(2,3)21-11-9(19(7)15(21)23)25-13(27-11)14-26-10-12(28-14)22(18(4,5)6)16(24)20(10)8/h9-14H,1-8H3/t9-,10-,11-,12+,13-,14-/m1/s1. The van der Waals surface area contributed by atoms with Crippen molar-refractivity contribution in [2.45, 2.75) is 90.1 Å². The molecule has 0 aromatic carbocycles. The molecule has 0 spiro atoms. The molecule has 4 rings (SSSR count). The molecule has 0 aromatic rings. The first-order chi connectivity index (χ1) is 12.8. The quantitative estimate of drug-likeness (QED) is 0.663. The fourth-order valence-electron chi connectivity index (χ4n) is 4.19. The first-order valence-electron chi connectivity index (χ1n) is 9.56. The summed E-state index contributed by atoms with van der Waals surface area (Å²) in [6.45, 7) is 11.7. The summed E-state index contributed by atoms with van der Waals surface area (Å²) in [6, 6.07) is -0.286. The second-order valence-electron chi connectivity index (χ2n) is 9.71. The predicted octanol–water partition coefficient (Wildman–Crippen LogP) is 1.37. The minimum absolute atomic E-state index is 0.143. The maximum Gasteiger partial charge on any atom is 0.324 e. The molecule has 4 fully saturated rings. The Morgan fingerprint density at radius 3 is 1.18 bits per heavy atom. The van der Waals surface area contributed by atoms with Crippen molar-refractivity contribution in [3.8, 4) is 0 Å². The first kappa shape index (κ1) is 19.7. The van der Waals surface area contributed by atoms with Crippen molar-refractivity contribution in [1.29, 1.82) is 0 Å². The fourth-order valence-corrected chi connectivity index (χ4v) is 4.19. The Hall–Kier alpha value is -1.62. The van der Waals surface area contributed by atoms with E-state index < -0.39 is 48.6 Å². The van der Waals surface area contributed by atoms with E-state index in [0.29, 0.717) is 0 Å². The molecule has 0 saturated carbocycles. The lowest BCUT2D eigenvalue weighted by atomic mass is 10.1. The SMILES string of the molecule is CN1C(=O)N(C(C)(C)C)[C@@H]2O[C@H]([C@@H]3O[C@@H]4[C@H](O3)N(C(C)(C)C)C(=O)N4C)O[C@H]21. The van der Waals surface area contributed by atoms with Crippen LogP contribution in [0.25, 0.3) is 0 Å². The zero-order chi connectivity index (χ0) is 20.8. The zero-order valence-corrected chi connectivity index (χ0v) is 17.7. The third-order valence-electron chi connectivity index (χ3n) is 5.54. The lowest BCUT2D eigenvalue weighted by molar-refractivity contribution is -0.245. The van der Waals surface area contributed by atoms with Gasteiger partial charge in [0.1, 0.15) is 0 Å². The zero-order valence-electron chi connectivity index (χ0n) is 17.7. The first-order valence-corrected chi connectivity index (χ1v) is 9.56. The highest BCUT2D eigenvalue weighted by molar-refractivity contribution is 5.78. The average molecular weight is 398 g/mol. The maximum atomic E-state index is 12.6. The van der Waals surface area contributed by atoms with Crippen molar-refractivity contribution < 1.29 is 28.5 Å². The van der Waals surface area contributed by atoms with Gasteiger partial charge in [0.05, 0.1) is 0 Å². The number of fused-ring (bicyclic) bond motifs is 2. The van der Waals surface area contributed by atoms with E-state index in [1.165, 1.54) is 9.80 Å². The van der Waals surface area contributed by atoms with Crippen LogP contribution in [0.2, 0.25) is 0 Å². The summed E-state index contributed by atoms with van der Waals surface area (Å²) in [5.74, 6) is 0. The molecule has 6 atom stereocenters. The van der Waals surface area contributed by atoms with Gasteiger partial charge in [0, 0.05) is 25.2 Å². The summed E-state index contributed by atoms with van der Waals surface area (Å²) < 4.78 is 24.1. The van der Waals surface area contributed by atoms with Crippen LogP contribution in [0, 0.1) is 0 Å². The Bertz CT molecular complexity index is 631. The maximum absolute atomic E-state index is 12.6. The third-order valence-corrected chi connectivity index (χ3v) is 5.54. The van der Waals surface area contributed by atoms with Gasteiger partial charge < -0.3 is 18.9 Å². The van der Waals surface area contributed by atoms with Crippen molar-refractivity contribution in [2.24, 2.45) is 0 Å². The second kappa shape index (κ2) is 5.94. The van der Waals surface area contributed by atoms with Gasteiger partial charge in [0.25, 0.3) is 0 Å². The van der Waals surface area contributed by atoms with Crippen LogP contribution in [0.5, 0.6) is 0 Å². The normalized spacial score (nSPS) is 38.7. The molecule has 10 nitrogen and oxygen atoms in total. The summed E-state index contributed by atoms with van der Waals surface area (Å²) in [4.78, 5) is 31.5. The minimum Gasteiger partial charge on any atom is -0.319 e. The van der Waals surface area contributed by atoms with Crippen LogP contribution in [-0.2, 0) is 18.9 Å². The Labute approximate surface area is 165 Å². The molecule has 0 unspecified atom stereocenters. The highest BCUT2D eigenvalue weighted by Gasteiger charge is 2.61. The number of hydrogen-bond acceptors (Lipinski definition) is 6. The van der Waals surface area contributed by atoms with Crippen molar-refractivity contribution in [3.63, 3.8) is 0 Å². The van der Waals surface area contributed by atoms with Gasteiger partial charge >= 0.3 is 12.1 Å². The van der Waals surface area contributed by atoms with Gasteiger partial charge in [0.2, 0.25) is 12.6 Å². The molecule has 10 heteroatoms. The van der Waals surface area contributed by atoms with Crippen LogP contribution in [-0.4, -0.2) is 94.3 Å². The molecule has 0 N–H and O–H groups in total. The molecule has 4 amide bonds. The van der Waals surface area contributed by atoms with Crippen molar-refractivity contribution in [1.82, 2.24) is 19.6 Å². The highest BCUT2D eigenvalue weighted by atomic mass is 16.8. The van der Waals surface area contributed by atoms with Crippen LogP contribution in [0.3, 0.4) is 0 Å². The number of nitrogens with zero attached hydrogens (tertiary/aromatic N) is 4. The number of ether oxygens (including phenoxy) is 4. The van der Waals surface area contributed by atoms with E-state index in [4.69, 9.17) is 18.9 Å². The van der Waals surface area contributed by atoms with E-state index in [1.807, 2.05) is 41.5 Å². The Morgan fingerprint density at radius 1 is 0.607 bits per heavy atom. The molecule has 4 aliphatic heterocycles. The molecule has 4 aliphatic rings. The topological polar surface area (TPSA) is 84.0 Å². The van der Waals surface area contributed by atoms with E-state index in [9.17, 15) is 9.59 Å². The summed E-state index contributed by atoms with van der Waals surface area (Å²) in [5.41, 5.74) is -0.848. The van der Waals surface area contributed by atoms with E-state index in [0.717, 1.165) is 0 Å². The van der Waals surface area contributed by atoms with Crippen LogP contribution < -0.4 is 0 Å². The van der Waals surface area contributed by atoms with Gasteiger partial charge in [-0.2, -0.15) is 0 Å². The number of hydrogen-bond donors (Lipinski definition) is 0. The smallest absolute Gasteiger partial charge is 0.319 e. The number of carbonyl (C=O) groups is 2.